The summed E-state index contributed by atoms with van der Waals surface area (Å²) < 4.78 is 7.27. The van der Waals surface area contributed by atoms with Gasteiger partial charge in [-0.25, -0.2) is 4.98 Å². The van der Waals surface area contributed by atoms with E-state index in [0.717, 1.165) is 50.1 Å². The summed E-state index contributed by atoms with van der Waals surface area (Å²) in [5.41, 5.74) is 7.53. The van der Waals surface area contributed by atoms with Gasteiger partial charge in [-0.15, -0.1) is 0 Å². The molecule has 0 spiro atoms. The number of aromatic nitrogens is 4. The fourth-order valence-corrected chi connectivity index (χ4v) is 4.16. The van der Waals surface area contributed by atoms with Crippen molar-refractivity contribution in [2.24, 2.45) is 12.8 Å². The standard InChI is InChI=1S/C20H26N8O2/c1-26-10-13-9-15(18(24-17(13)25-26)27-6-3-2-4-7-27)22-19(29)16-12-30-20(23-16)28-8-5-14(21)11-28/h9-10,12,14H,2-8,11,21H2,1H3,(H,22,29). The second kappa shape index (κ2) is 7.60. The second-order valence-electron chi connectivity index (χ2n) is 8.09. The molecule has 0 saturated carbocycles. The number of rotatable bonds is 4. The molecule has 2 aliphatic rings. The van der Waals surface area contributed by atoms with Crippen LogP contribution in [-0.2, 0) is 7.05 Å². The van der Waals surface area contributed by atoms with Crippen molar-refractivity contribution < 1.29 is 9.21 Å². The Morgan fingerprint density at radius 1 is 1.20 bits per heavy atom. The maximum absolute atomic E-state index is 12.9. The van der Waals surface area contributed by atoms with E-state index in [1.165, 1.54) is 12.7 Å². The van der Waals surface area contributed by atoms with Gasteiger partial charge in [0.05, 0.1) is 5.69 Å². The van der Waals surface area contributed by atoms with Crippen molar-refractivity contribution in [2.45, 2.75) is 31.7 Å². The second-order valence-corrected chi connectivity index (χ2v) is 8.09. The van der Waals surface area contributed by atoms with Crippen LogP contribution in [0.2, 0.25) is 0 Å². The molecule has 10 heteroatoms. The summed E-state index contributed by atoms with van der Waals surface area (Å²) >= 11 is 0. The number of carbonyl (C=O) groups is 1. The van der Waals surface area contributed by atoms with Gasteiger partial charge in [0.2, 0.25) is 0 Å². The first-order chi connectivity index (χ1) is 14.6. The summed E-state index contributed by atoms with van der Waals surface area (Å²) in [6, 6.07) is 2.47. The van der Waals surface area contributed by atoms with Crippen LogP contribution in [-0.4, -0.2) is 57.9 Å². The van der Waals surface area contributed by atoms with Gasteiger partial charge < -0.3 is 25.3 Å². The van der Waals surface area contributed by atoms with Gasteiger partial charge in [-0.1, -0.05) is 0 Å². The highest BCUT2D eigenvalue weighted by Crippen LogP contribution is 2.30. The normalized spacial score (nSPS) is 19.6. The molecule has 5 heterocycles. The average molecular weight is 410 g/mol. The molecule has 1 amide bonds. The smallest absolute Gasteiger partial charge is 0.298 e. The largest absolute Gasteiger partial charge is 0.431 e. The SMILES string of the molecule is Cn1cc2cc(NC(=O)c3coc(N4CCC(N)C4)n3)c(N3CCCCC3)nc2n1. The summed E-state index contributed by atoms with van der Waals surface area (Å²) in [6.07, 6.45) is 7.61. The van der Waals surface area contributed by atoms with E-state index < -0.39 is 0 Å². The number of nitrogens with two attached hydrogens (primary N) is 1. The zero-order valence-electron chi connectivity index (χ0n) is 17.0. The number of piperidine rings is 1. The summed E-state index contributed by atoms with van der Waals surface area (Å²) in [6.45, 7) is 3.29. The first-order valence-electron chi connectivity index (χ1n) is 10.4. The Morgan fingerprint density at radius 2 is 2.03 bits per heavy atom. The van der Waals surface area contributed by atoms with Crippen LogP contribution in [0.15, 0.2) is 22.9 Å². The number of pyridine rings is 1. The summed E-state index contributed by atoms with van der Waals surface area (Å²) in [5.74, 6) is 0.431. The zero-order valence-corrected chi connectivity index (χ0v) is 17.0. The van der Waals surface area contributed by atoms with Gasteiger partial charge in [0.1, 0.15) is 6.26 Å². The molecule has 0 radical (unpaired) electrons. The third-order valence-corrected chi connectivity index (χ3v) is 5.71. The summed E-state index contributed by atoms with van der Waals surface area (Å²) in [7, 11) is 1.86. The summed E-state index contributed by atoms with van der Waals surface area (Å²) in [5, 5.41) is 8.29. The molecule has 2 saturated heterocycles. The lowest BCUT2D eigenvalue weighted by atomic mass is 10.1. The molecule has 0 aromatic carbocycles. The van der Waals surface area contributed by atoms with Crippen molar-refractivity contribution in [3.8, 4) is 0 Å². The average Bonchev–Trinajstić information content (AvgIpc) is 3.46. The van der Waals surface area contributed by atoms with Crippen LogP contribution < -0.4 is 20.9 Å². The van der Waals surface area contributed by atoms with Crippen molar-refractivity contribution >= 4 is 34.5 Å². The van der Waals surface area contributed by atoms with Crippen molar-refractivity contribution in [2.75, 3.05) is 41.3 Å². The molecule has 2 fully saturated rings. The Labute approximate surface area is 174 Å². The molecule has 3 aromatic rings. The molecule has 2 aliphatic heterocycles. The Hall–Kier alpha value is -3.14. The Bertz CT molecular complexity index is 1070. The van der Waals surface area contributed by atoms with Crippen LogP contribution in [0, 0.1) is 0 Å². The number of aryl methyl sites for hydroxylation is 1. The maximum atomic E-state index is 12.9. The monoisotopic (exact) mass is 410 g/mol. The number of oxazole rings is 1. The van der Waals surface area contributed by atoms with Gasteiger partial charge in [0, 0.05) is 50.9 Å². The minimum absolute atomic E-state index is 0.110. The van der Waals surface area contributed by atoms with Gasteiger partial charge in [0.15, 0.2) is 17.2 Å². The molecule has 3 aromatic heterocycles. The Balaban J connectivity index is 1.42. The van der Waals surface area contributed by atoms with Crippen LogP contribution in [0.1, 0.15) is 36.2 Å². The van der Waals surface area contributed by atoms with E-state index in [4.69, 9.17) is 15.1 Å². The van der Waals surface area contributed by atoms with E-state index in [1.807, 2.05) is 24.2 Å². The molecule has 0 bridgehead atoms. The fraction of sp³-hybridized carbons (Fsp3) is 0.500. The van der Waals surface area contributed by atoms with Crippen LogP contribution in [0.25, 0.3) is 11.0 Å². The molecule has 5 rings (SSSR count). The molecule has 10 nitrogen and oxygen atoms in total. The molecular formula is C20H26N8O2. The van der Waals surface area contributed by atoms with Gasteiger partial charge in [-0.2, -0.15) is 10.1 Å². The van der Waals surface area contributed by atoms with Crippen molar-refractivity contribution in [1.29, 1.82) is 0 Å². The van der Waals surface area contributed by atoms with Crippen LogP contribution in [0.5, 0.6) is 0 Å². The number of hydrogen-bond acceptors (Lipinski definition) is 8. The Morgan fingerprint density at radius 3 is 2.80 bits per heavy atom. The predicted octanol–water partition coefficient (Wildman–Crippen LogP) is 1.74. The summed E-state index contributed by atoms with van der Waals surface area (Å²) in [4.78, 5) is 26.2. The number of carbonyl (C=O) groups excluding carboxylic acids is 1. The van der Waals surface area contributed by atoms with Crippen molar-refractivity contribution in [3.63, 3.8) is 0 Å². The lowest BCUT2D eigenvalue weighted by Gasteiger charge is -2.29. The van der Waals surface area contributed by atoms with E-state index in [-0.39, 0.29) is 17.6 Å². The highest BCUT2D eigenvalue weighted by molar-refractivity contribution is 6.05. The van der Waals surface area contributed by atoms with Gasteiger partial charge >= 0.3 is 0 Å². The van der Waals surface area contributed by atoms with Gasteiger partial charge in [-0.3, -0.25) is 9.48 Å². The van der Waals surface area contributed by atoms with Gasteiger partial charge in [-0.05, 0) is 31.7 Å². The van der Waals surface area contributed by atoms with Crippen LogP contribution >= 0.6 is 0 Å². The molecular weight excluding hydrogens is 384 g/mol. The molecule has 158 valence electrons. The quantitative estimate of drug-likeness (QED) is 0.668. The number of amides is 1. The fourth-order valence-electron chi connectivity index (χ4n) is 4.16. The van der Waals surface area contributed by atoms with E-state index >= 15 is 0 Å². The minimum atomic E-state index is -0.322. The van der Waals surface area contributed by atoms with Crippen LogP contribution in [0.3, 0.4) is 0 Å². The topological polar surface area (TPSA) is 118 Å². The van der Waals surface area contributed by atoms with E-state index in [0.29, 0.717) is 23.9 Å². The highest BCUT2D eigenvalue weighted by Gasteiger charge is 2.25. The lowest BCUT2D eigenvalue weighted by Crippen LogP contribution is -2.31. The third-order valence-electron chi connectivity index (χ3n) is 5.71. The molecule has 0 aliphatic carbocycles. The number of nitrogens with zero attached hydrogens (tertiary/aromatic N) is 6. The van der Waals surface area contributed by atoms with E-state index in [9.17, 15) is 4.79 Å². The van der Waals surface area contributed by atoms with E-state index in [1.54, 1.807) is 4.68 Å². The van der Waals surface area contributed by atoms with E-state index in [2.05, 4.69) is 20.3 Å². The number of fused-ring (bicyclic) bond motifs is 1. The van der Waals surface area contributed by atoms with Crippen molar-refractivity contribution in [1.82, 2.24) is 19.7 Å². The number of hydrogen-bond donors (Lipinski definition) is 2. The highest BCUT2D eigenvalue weighted by atomic mass is 16.4. The first-order valence-corrected chi connectivity index (χ1v) is 10.4. The number of nitrogens with one attached hydrogen (secondary N) is 1. The minimum Gasteiger partial charge on any atom is -0.431 e. The molecule has 1 atom stereocenters. The molecule has 1 unspecified atom stereocenters. The third kappa shape index (κ3) is 3.58. The molecule has 3 N–H and O–H groups in total. The first kappa shape index (κ1) is 18.9. The predicted molar refractivity (Wildman–Crippen MR) is 114 cm³/mol. The Kier molecular flexibility index (Phi) is 4.78. The van der Waals surface area contributed by atoms with Crippen LogP contribution in [0.4, 0.5) is 17.5 Å². The van der Waals surface area contributed by atoms with Crippen molar-refractivity contribution in [3.05, 3.63) is 24.2 Å². The maximum Gasteiger partial charge on any atom is 0.298 e. The molecule has 30 heavy (non-hydrogen) atoms. The lowest BCUT2D eigenvalue weighted by molar-refractivity contribution is 0.102. The number of anilines is 3. The zero-order chi connectivity index (χ0) is 20.7. The van der Waals surface area contributed by atoms with Gasteiger partial charge in [0.25, 0.3) is 11.9 Å².